The van der Waals surface area contributed by atoms with Gasteiger partial charge in [-0.05, 0) is 32.9 Å². The molecule has 3 unspecified atom stereocenters. The van der Waals surface area contributed by atoms with Gasteiger partial charge in [0.2, 0.25) is 5.91 Å². The molecule has 0 radical (unpaired) electrons. The first-order chi connectivity index (χ1) is 9.74. The number of nitrogens with zero attached hydrogens (tertiary/aromatic N) is 2. The molecule has 7 heteroatoms. The maximum absolute atomic E-state index is 12.1. The molecule has 0 aromatic carbocycles. The zero-order chi connectivity index (χ0) is 13.7. The lowest BCUT2D eigenvalue weighted by Crippen LogP contribution is -2.72. The van der Waals surface area contributed by atoms with Crippen LogP contribution >= 0.6 is 0 Å². The highest BCUT2D eigenvalue weighted by molar-refractivity contribution is 5.81. The highest BCUT2D eigenvalue weighted by atomic mass is 16.2. The molecule has 4 aliphatic rings. The Kier molecular flexibility index (Phi) is 2.87. The van der Waals surface area contributed by atoms with E-state index in [0.717, 1.165) is 32.4 Å². The van der Waals surface area contributed by atoms with Crippen molar-refractivity contribution in [2.45, 2.75) is 37.5 Å². The van der Waals surface area contributed by atoms with Crippen LogP contribution in [0.25, 0.3) is 0 Å². The first-order valence-corrected chi connectivity index (χ1v) is 7.47. The average molecular weight is 278 g/mol. The van der Waals surface area contributed by atoms with Gasteiger partial charge in [-0.2, -0.15) is 0 Å². The van der Waals surface area contributed by atoms with Crippen molar-refractivity contribution in [3.63, 3.8) is 0 Å². The number of piperazine rings is 1. The summed E-state index contributed by atoms with van der Waals surface area (Å²) in [5.41, 5.74) is 7.56. The van der Waals surface area contributed by atoms with Gasteiger partial charge in [-0.25, -0.2) is 0 Å². The fourth-order valence-electron chi connectivity index (χ4n) is 3.59. The van der Waals surface area contributed by atoms with Crippen molar-refractivity contribution >= 4 is 5.91 Å². The number of amides is 1. The van der Waals surface area contributed by atoms with Crippen LogP contribution in [-0.4, -0.2) is 54.2 Å². The molecule has 20 heavy (non-hydrogen) atoms. The Balaban J connectivity index is 1.53. The Hall–Kier alpha value is -1.31. The van der Waals surface area contributed by atoms with Crippen LogP contribution in [0.2, 0.25) is 0 Å². The lowest BCUT2D eigenvalue weighted by atomic mass is 9.92. The van der Waals surface area contributed by atoms with E-state index in [4.69, 9.17) is 0 Å². The number of piperidine rings is 1. The largest absolute Gasteiger partial charge is 0.339 e. The monoisotopic (exact) mass is 278 g/mol. The van der Waals surface area contributed by atoms with Crippen LogP contribution < -0.4 is 21.6 Å². The van der Waals surface area contributed by atoms with Crippen molar-refractivity contribution in [3.05, 3.63) is 11.9 Å². The summed E-state index contributed by atoms with van der Waals surface area (Å²) in [7, 11) is 2.14. The molecule has 4 N–H and O–H groups in total. The Bertz CT molecular complexity index is 448. The smallest absolute Gasteiger partial charge is 0.224 e. The van der Waals surface area contributed by atoms with Gasteiger partial charge < -0.3 is 10.7 Å². The number of hydrogen-bond donors (Lipinski definition) is 4. The molecule has 3 atom stereocenters. The van der Waals surface area contributed by atoms with Crippen LogP contribution in [0, 0.1) is 5.92 Å². The molecule has 0 spiro atoms. The summed E-state index contributed by atoms with van der Waals surface area (Å²) in [4.78, 5) is 14.4. The first-order valence-electron chi connectivity index (χ1n) is 7.47. The van der Waals surface area contributed by atoms with E-state index in [1.807, 2.05) is 6.20 Å². The molecule has 3 heterocycles. The Morgan fingerprint density at radius 1 is 1.40 bits per heavy atom. The van der Waals surface area contributed by atoms with Crippen LogP contribution in [0.4, 0.5) is 0 Å². The normalized spacial score (nSPS) is 36.8. The van der Waals surface area contributed by atoms with Gasteiger partial charge in [0.15, 0.2) is 0 Å². The summed E-state index contributed by atoms with van der Waals surface area (Å²) in [6, 6.07) is 0.664. The standard InChI is InChI=1S/C13H22N6O/c1-18-7-9-6-15-17-19(9)10-4-5-14-12(11(10)18)16-13(20)8-2-3-8/h6,8,10-12,14-15,17H,2-5,7H2,1H3,(H,16,20). The molecular formula is C13H22N6O. The third-order valence-electron chi connectivity index (χ3n) is 4.77. The maximum atomic E-state index is 12.1. The number of likely N-dealkylation sites (N-methyl/N-ethyl adjacent to an activating group) is 1. The van der Waals surface area contributed by atoms with Crippen molar-refractivity contribution < 1.29 is 4.79 Å². The number of carbonyl (C=O) groups excluding carboxylic acids is 1. The van der Waals surface area contributed by atoms with Gasteiger partial charge >= 0.3 is 0 Å². The minimum absolute atomic E-state index is 0.0378. The summed E-state index contributed by atoms with van der Waals surface area (Å²) in [6.45, 7) is 1.81. The van der Waals surface area contributed by atoms with Gasteiger partial charge in [-0.3, -0.25) is 20.0 Å². The molecule has 1 saturated carbocycles. The summed E-state index contributed by atoms with van der Waals surface area (Å²) in [5.74, 6) is 0.471. The van der Waals surface area contributed by atoms with Gasteiger partial charge in [0.05, 0.1) is 23.9 Å². The highest BCUT2D eigenvalue weighted by Crippen LogP contribution is 2.31. The third-order valence-corrected chi connectivity index (χ3v) is 4.77. The molecule has 2 saturated heterocycles. The fourth-order valence-corrected chi connectivity index (χ4v) is 3.59. The van der Waals surface area contributed by atoms with E-state index >= 15 is 0 Å². The lowest BCUT2D eigenvalue weighted by Gasteiger charge is -2.51. The number of fused-ring (bicyclic) bond motifs is 3. The van der Waals surface area contributed by atoms with E-state index < -0.39 is 0 Å². The topological polar surface area (TPSA) is 71.7 Å². The third kappa shape index (κ3) is 1.97. The minimum atomic E-state index is 0.0378. The Morgan fingerprint density at radius 3 is 3.05 bits per heavy atom. The molecular weight excluding hydrogens is 256 g/mol. The molecule has 7 nitrogen and oxygen atoms in total. The van der Waals surface area contributed by atoms with E-state index in [2.05, 4.69) is 38.6 Å². The van der Waals surface area contributed by atoms with Crippen LogP contribution in [0.3, 0.4) is 0 Å². The number of hydrazine groups is 2. The van der Waals surface area contributed by atoms with E-state index in [1.165, 1.54) is 5.70 Å². The van der Waals surface area contributed by atoms with Crippen LogP contribution in [0.5, 0.6) is 0 Å². The van der Waals surface area contributed by atoms with Gasteiger partial charge in [0, 0.05) is 18.7 Å². The maximum Gasteiger partial charge on any atom is 0.224 e. The second kappa shape index (κ2) is 4.61. The van der Waals surface area contributed by atoms with Crippen molar-refractivity contribution in [1.82, 2.24) is 31.5 Å². The lowest BCUT2D eigenvalue weighted by molar-refractivity contribution is -0.124. The van der Waals surface area contributed by atoms with E-state index in [9.17, 15) is 4.79 Å². The zero-order valence-electron chi connectivity index (χ0n) is 11.7. The summed E-state index contributed by atoms with van der Waals surface area (Å²) in [6.07, 6.45) is 5.22. The van der Waals surface area contributed by atoms with Crippen molar-refractivity contribution in [3.8, 4) is 0 Å². The molecule has 1 amide bonds. The van der Waals surface area contributed by atoms with Crippen molar-refractivity contribution in [2.75, 3.05) is 20.1 Å². The van der Waals surface area contributed by atoms with Crippen LogP contribution in [-0.2, 0) is 4.79 Å². The number of rotatable bonds is 2. The number of carbonyl (C=O) groups is 1. The van der Waals surface area contributed by atoms with Gasteiger partial charge in [-0.15, -0.1) is 5.53 Å². The van der Waals surface area contributed by atoms with Gasteiger partial charge in [0.1, 0.15) is 0 Å². The highest BCUT2D eigenvalue weighted by Gasteiger charge is 2.46. The second-order valence-corrected chi connectivity index (χ2v) is 6.24. The minimum Gasteiger partial charge on any atom is -0.339 e. The Labute approximate surface area is 118 Å². The fraction of sp³-hybridized carbons (Fsp3) is 0.769. The first kappa shape index (κ1) is 12.4. The van der Waals surface area contributed by atoms with Crippen molar-refractivity contribution in [1.29, 1.82) is 0 Å². The molecule has 0 aromatic heterocycles. The summed E-state index contributed by atoms with van der Waals surface area (Å²) >= 11 is 0. The quantitative estimate of drug-likeness (QED) is 0.502. The summed E-state index contributed by atoms with van der Waals surface area (Å²) < 4.78 is 0. The molecule has 4 rings (SSSR count). The molecule has 3 aliphatic heterocycles. The molecule has 3 fully saturated rings. The van der Waals surface area contributed by atoms with E-state index in [0.29, 0.717) is 6.04 Å². The predicted octanol–water partition coefficient (Wildman–Crippen LogP) is -1.32. The van der Waals surface area contributed by atoms with E-state index in [-0.39, 0.29) is 24.0 Å². The SMILES string of the molecule is CN1CC2=CNNN2C2CCNC(NC(=O)C3CC3)C21. The molecule has 1 aliphatic carbocycles. The van der Waals surface area contributed by atoms with Gasteiger partial charge in [-0.1, -0.05) is 0 Å². The molecule has 0 bridgehead atoms. The average Bonchev–Trinajstić information content (AvgIpc) is 3.18. The van der Waals surface area contributed by atoms with Crippen molar-refractivity contribution in [2.24, 2.45) is 5.92 Å². The number of nitrogens with one attached hydrogen (secondary N) is 4. The molecule has 0 aromatic rings. The zero-order valence-corrected chi connectivity index (χ0v) is 11.7. The summed E-state index contributed by atoms with van der Waals surface area (Å²) in [5, 5.41) is 8.90. The van der Waals surface area contributed by atoms with E-state index in [1.54, 1.807) is 0 Å². The van der Waals surface area contributed by atoms with Crippen LogP contribution in [0.15, 0.2) is 11.9 Å². The molecule has 110 valence electrons. The van der Waals surface area contributed by atoms with Crippen LogP contribution in [0.1, 0.15) is 19.3 Å². The second-order valence-electron chi connectivity index (χ2n) is 6.24. The predicted molar refractivity (Wildman–Crippen MR) is 73.7 cm³/mol. The Morgan fingerprint density at radius 2 is 2.25 bits per heavy atom. The van der Waals surface area contributed by atoms with Gasteiger partial charge in [0.25, 0.3) is 0 Å². The number of hydrogen-bond acceptors (Lipinski definition) is 6.